The SMILES string of the molecule is CC/C=C\C/C=C\C/C=C\CCCCC(=O)OC(COC(=O)CCC/C=C\CCCCCC)COC(=O)CCCCCCCC/C=C\C=C/CCCCC. The van der Waals surface area contributed by atoms with Crippen LogP contribution in [-0.2, 0) is 28.6 Å². The van der Waals surface area contributed by atoms with E-state index in [0.717, 1.165) is 70.6 Å². The van der Waals surface area contributed by atoms with Crippen molar-refractivity contribution in [3.63, 3.8) is 0 Å². The molecular weight excluding hydrogens is 673 g/mol. The topological polar surface area (TPSA) is 78.9 Å². The molecule has 0 N–H and O–H groups in total. The maximum Gasteiger partial charge on any atom is 0.306 e. The van der Waals surface area contributed by atoms with E-state index in [1.54, 1.807) is 0 Å². The number of hydrogen-bond acceptors (Lipinski definition) is 6. The van der Waals surface area contributed by atoms with E-state index in [1.807, 2.05) is 0 Å². The first kappa shape index (κ1) is 50.9. The molecule has 1 atom stereocenters. The van der Waals surface area contributed by atoms with Gasteiger partial charge in [0, 0.05) is 19.3 Å². The van der Waals surface area contributed by atoms with Crippen molar-refractivity contribution in [1.29, 1.82) is 0 Å². The van der Waals surface area contributed by atoms with Gasteiger partial charge in [-0.3, -0.25) is 14.4 Å². The smallest absolute Gasteiger partial charge is 0.306 e. The average molecular weight is 753 g/mol. The van der Waals surface area contributed by atoms with Crippen molar-refractivity contribution in [2.24, 2.45) is 0 Å². The Labute approximate surface area is 332 Å². The van der Waals surface area contributed by atoms with Gasteiger partial charge in [0.05, 0.1) is 0 Å². The summed E-state index contributed by atoms with van der Waals surface area (Å²) in [4.78, 5) is 37.6. The van der Waals surface area contributed by atoms with Gasteiger partial charge in [-0.15, -0.1) is 0 Å². The standard InChI is InChI=1S/C48H80O6/c1-4-7-10-13-16-19-21-23-24-25-27-29-32-35-38-41-47(50)53-44-45(43-52-46(49)40-37-34-31-28-18-15-12-9-6-3)54-48(51)42-39-36-33-30-26-22-20-17-14-11-8-5-2/h8,11,16-17,19-21,23,26,28,30-31,45H,4-7,9-10,12-15,18,22,24-25,27,29,32-44H2,1-3H3/b11-8-,19-16-,20-17-,23-21-,30-26-,31-28-. The largest absolute Gasteiger partial charge is 0.462 e. The molecule has 0 aromatic heterocycles. The Morgan fingerprint density at radius 1 is 0.407 bits per heavy atom. The first-order valence-corrected chi connectivity index (χ1v) is 22.0. The Hall–Kier alpha value is -3.15. The number of esters is 3. The molecule has 0 amide bonds. The minimum atomic E-state index is -0.808. The molecule has 0 aromatic carbocycles. The van der Waals surface area contributed by atoms with Crippen LogP contribution < -0.4 is 0 Å². The molecule has 6 heteroatoms. The van der Waals surface area contributed by atoms with E-state index in [0.29, 0.717) is 25.7 Å². The zero-order valence-electron chi connectivity index (χ0n) is 35.0. The molecule has 0 aliphatic carbocycles. The van der Waals surface area contributed by atoms with Crippen LogP contribution in [0.15, 0.2) is 72.9 Å². The molecule has 0 aliphatic heterocycles. The zero-order valence-corrected chi connectivity index (χ0v) is 35.0. The van der Waals surface area contributed by atoms with Gasteiger partial charge in [-0.1, -0.05) is 151 Å². The maximum absolute atomic E-state index is 12.7. The van der Waals surface area contributed by atoms with Crippen molar-refractivity contribution in [2.45, 2.75) is 200 Å². The second-order valence-electron chi connectivity index (χ2n) is 14.2. The van der Waals surface area contributed by atoms with Crippen molar-refractivity contribution < 1.29 is 28.6 Å². The maximum atomic E-state index is 12.7. The van der Waals surface area contributed by atoms with Crippen LogP contribution in [0.4, 0.5) is 0 Å². The van der Waals surface area contributed by atoms with Gasteiger partial charge in [0.1, 0.15) is 13.2 Å². The number of unbranched alkanes of at least 4 members (excludes halogenated alkanes) is 16. The van der Waals surface area contributed by atoms with Gasteiger partial charge < -0.3 is 14.2 Å². The molecule has 0 radical (unpaired) electrons. The monoisotopic (exact) mass is 753 g/mol. The number of ether oxygens (including phenoxy) is 3. The Kier molecular flexibility index (Phi) is 40.1. The molecule has 0 rings (SSSR count). The van der Waals surface area contributed by atoms with E-state index in [-0.39, 0.29) is 37.5 Å². The molecule has 0 aliphatic rings. The fourth-order valence-corrected chi connectivity index (χ4v) is 5.62. The van der Waals surface area contributed by atoms with Gasteiger partial charge in [-0.25, -0.2) is 0 Å². The van der Waals surface area contributed by atoms with Gasteiger partial charge in [0.15, 0.2) is 6.10 Å². The fraction of sp³-hybridized carbons (Fsp3) is 0.688. The van der Waals surface area contributed by atoms with Crippen molar-refractivity contribution in [1.82, 2.24) is 0 Å². The van der Waals surface area contributed by atoms with Crippen LogP contribution in [0.5, 0.6) is 0 Å². The van der Waals surface area contributed by atoms with Crippen molar-refractivity contribution in [3.8, 4) is 0 Å². The van der Waals surface area contributed by atoms with Crippen molar-refractivity contribution in [2.75, 3.05) is 13.2 Å². The van der Waals surface area contributed by atoms with Crippen LogP contribution in [-0.4, -0.2) is 37.2 Å². The van der Waals surface area contributed by atoms with Crippen molar-refractivity contribution >= 4 is 17.9 Å². The van der Waals surface area contributed by atoms with E-state index in [2.05, 4.69) is 93.7 Å². The molecule has 308 valence electrons. The summed E-state index contributed by atoms with van der Waals surface area (Å²) in [6.07, 6.45) is 51.8. The molecule has 0 bridgehead atoms. The molecular formula is C48H80O6. The van der Waals surface area contributed by atoms with E-state index in [1.165, 1.54) is 70.6 Å². The van der Waals surface area contributed by atoms with Gasteiger partial charge >= 0.3 is 17.9 Å². The normalized spacial score (nSPS) is 12.7. The first-order valence-electron chi connectivity index (χ1n) is 22.0. The average Bonchev–Trinajstić information content (AvgIpc) is 3.17. The molecule has 6 nitrogen and oxygen atoms in total. The number of allylic oxidation sites excluding steroid dienone is 12. The minimum absolute atomic E-state index is 0.107. The highest BCUT2D eigenvalue weighted by Crippen LogP contribution is 2.12. The predicted octanol–water partition coefficient (Wildman–Crippen LogP) is 13.9. The van der Waals surface area contributed by atoms with Crippen LogP contribution in [0, 0.1) is 0 Å². The second kappa shape index (κ2) is 42.6. The van der Waals surface area contributed by atoms with Crippen LogP contribution in [0.1, 0.15) is 194 Å². The van der Waals surface area contributed by atoms with E-state index in [9.17, 15) is 14.4 Å². The van der Waals surface area contributed by atoms with Crippen molar-refractivity contribution in [3.05, 3.63) is 72.9 Å². The van der Waals surface area contributed by atoms with Crippen LogP contribution in [0.3, 0.4) is 0 Å². The summed E-state index contributed by atoms with van der Waals surface area (Å²) in [5.74, 6) is -1.00. The van der Waals surface area contributed by atoms with Gasteiger partial charge in [-0.05, 0) is 96.3 Å². The number of rotatable bonds is 38. The first-order chi connectivity index (χ1) is 26.5. The summed E-state index contributed by atoms with van der Waals surface area (Å²) in [6.45, 7) is 6.36. The van der Waals surface area contributed by atoms with Gasteiger partial charge in [0.25, 0.3) is 0 Å². The Bertz CT molecular complexity index is 1050. The second-order valence-corrected chi connectivity index (χ2v) is 14.2. The van der Waals surface area contributed by atoms with E-state index >= 15 is 0 Å². The van der Waals surface area contributed by atoms with Gasteiger partial charge in [-0.2, -0.15) is 0 Å². The summed E-state index contributed by atoms with van der Waals surface area (Å²) in [6, 6.07) is 0. The molecule has 0 spiro atoms. The molecule has 1 unspecified atom stereocenters. The van der Waals surface area contributed by atoms with E-state index in [4.69, 9.17) is 14.2 Å². The van der Waals surface area contributed by atoms with E-state index < -0.39 is 6.10 Å². The quantitative estimate of drug-likeness (QED) is 0.0205. The third-order valence-electron chi connectivity index (χ3n) is 8.94. The summed E-state index contributed by atoms with van der Waals surface area (Å²) < 4.78 is 16.6. The van der Waals surface area contributed by atoms with Gasteiger partial charge in [0.2, 0.25) is 0 Å². The third-order valence-corrected chi connectivity index (χ3v) is 8.94. The predicted molar refractivity (Wildman–Crippen MR) is 228 cm³/mol. The number of carbonyl (C=O) groups is 3. The lowest BCUT2D eigenvalue weighted by Gasteiger charge is -2.18. The zero-order chi connectivity index (χ0) is 39.4. The lowest BCUT2D eigenvalue weighted by Crippen LogP contribution is -2.30. The Balaban J connectivity index is 4.46. The highest BCUT2D eigenvalue weighted by atomic mass is 16.6. The molecule has 54 heavy (non-hydrogen) atoms. The molecule has 0 saturated carbocycles. The number of carbonyl (C=O) groups excluding carboxylic acids is 3. The summed E-state index contributed by atoms with van der Waals surface area (Å²) in [5, 5.41) is 0. The molecule has 0 heterocycles. The summed E-state index contributed by atoms with van der Waals surface area (Å²) in [5.41, 5.74) is 0. The Morgan fingerprint density at radius 2 is 0.796 bits per heavy atom. The van der Waals surface area contributed by atoms with Crippen LogP contribution >= 0.6 is 0 Å². The molecule has 0 saturated heterocycles. The Morgan fingerprint density at radius 3 is 1.41 bits per heavy atom. The lowest BCUT2D eigenvalue weighted by molar-refractivity contribution is -0.167. The minimum Gasteiger partial charge on any atom is -0.462 e. The number of hydrogen-bond donors (Lipinski definition) is 0. The summed E-state index contributed by atoms with van der Waals surface area (Å²) >= 11 is 0. The highest BCUT2D eigenvalue weighted by molar-refractivity contribution is 5.71. The van der Waals surface area contributed by atoms with Crippen LogP contribution in [0.2, 0.25) is 0 Å². The van der Waals surface area contributed by atoms with Crippen LogP contribution in [0.25, 0.3) is 0 Å². The highest BCUT2D eigenvalue weighted by Gasteiger charge is 2.19. The third kappa shape index (κ3) is 40.0. The summed E-state index contributed by atoms with van der Waals surface area (Å²) in [7, 11) is 0. The lowest BCUT2D eigenvalue weighted by atomic mass is 10.1. The molecule has 0 aromatic rings. The molecule has 0 fully saturated rings. The fourth-order valence-electron chi connectivity index (χ4n) is 5.62.